The lowest BCUT2D eigenvalue weighted by atomic mass is 10.2. The second-order valence-corrected chi connectivity index (χ2v) is 4.18. The van der Waals surface area contributed by atoms with Gasteiger partial charge < -0.3 is 10.5 Å². The third kappa shape index (κ3) is 2.16. The fourth-order valence-corrected chi connectivity index (χ4v) is 1.89. The van der Waals surface area contributed by atoms with Crippen LogP contribution in [0.4, 0.5) is 5.69 Å². The van der Waals surface area contributed by atoms with Gasteiger partial charge in [0.25, 0.3) is 5.56 Å². The SMILES string of the molecule is O=c1cc(NCc2cccnc2)c2cncnc2n1O. The summed E-state index contributed by atoms with van der Waals surface area (Å²) in [6.07, 6.45) is 6.25. The summed E-state index contributed by atoms with van der Waals surface area (Å²) in [6, 6.07) is 5.07. The van der Waals surface area contributed by atoms with Crippen molar-refractivity contribution in [3.8, 4) is 0 Å². The van der Waals surface area contributed by atoms with Crippen molar-refractivity contribution < 1.29 is 5.21 Å². The normalized spacial score (nSPS) is 10.6. The first-order valence-corrected chi connectivity index (χ1v) is 5.93. The van der Waals surface area contributed by atoms with Gasteiger partial charge in [0.2, 0.25) is 0 Å². The molecule has 0 atom stereocenters. The van der Waals surface area contributed by atoms with E-state index in [0.717, 1.165) is 5.56 Å². The number of nitrogens with zero attached hydrogens (tertiary/aromatic N) is 4. The number of rotatable bonds is 3. The van der Waals surface area contributed by atoms with E-state index in [-0.39, 0.29) is 5.65 Å². The maximum atomic E-state index is 11.7. The van der Waals surface area contributed by atoms with E-state index in [1.165, 1.54) is 12.4 Å². The second-order valence-electron chi connectivity index (χ2n) is 4.18. The third-order valence-electron chi connectivity index (χ3n) is 2.86. The van der Waals surface area contributed by atoms with Crippen LogP contribution in [-0.4, -0.2) is 24.9 Å². The molecule has 0 radical (unpaired) electrons. The smallest absolute Gasteiger partial charge is 0.286 e. The van der Waals surface area contributed by atoms with Crippen LogP contribution in [0.2, 0.25) is 0 Å². The Morgan fingerprint density at radius 3 is 3.00 bits per heavy atom. The van der Waals surface area contributed by atoms with E-state index < -0.39 is 5.56 Å². The van der Waals surface area contributed by atoms with Crippen molar-refractivity contribution in [1.29, 1.82) is 0 Å². The van der Waals surface area contributed by atoms with Crippen LogP contribution in [0, 0.1) is 0 Å². The molecule has 3 heterocycles. The minimum atomic E-state index is -0.551. The average molecular weight is 269 g/mol. The minimum Gasteiger partial charge on any atom is -0.423 e. The fourth-order valence-electron chi connectivity index (χ4n) is 1.89. The van der Waals surface area contributed by atoms with Crippen LogP contribution in [0.1, 0.15) is 5.56 Å². The summed E-state index contributed by atoms with van der Waals surface area (Å²) in [5.41, 5.74) is 1.16. The molecule has 0 aliphatic heterocycles. The number of anilines is 1. The van der Waals surface area contributed by atoms with Gasteiger partial charge in [-0.15, -0.1) is 4.73 Å². The molecule has 0 fully saturated rings. The molecular weight excluding hydrogens is 258 g/mol. The lowest BCUT2D eigenvalue weighted by Gasteiger charge is -2.10. The highest BCUT2D eigenvalue weighted by Crippen LogP contribution is 2.18. The molecule has 0 amide bonds. The second kappa shape index (κ2) is 4.96. The van der Waals surface area contributed by atoms with Crippen molar-refractivity contribution in [1.82, 2.24) is 19.7 Å². The topological polar surface area (TPSA) is 92.9 Å². The van der Waals surface area contributed by atoms with Crippen molar-refractivity contribution in [3.63, 3.8) is 0 Å². The van der Waals surface area contributed by atoms with Crippen LogP contribution in [-0.2, 0) is 6.54 Å². The van der Waals surface area contributed by atoms with Gasteiger partial charge in [0.15, 0.2) is 5.65 Å². The number of pyridine rings is 2. The molecule has 3 aromatic heterocycles. The molecule has 7 heteroatoms. The van der Waals surface area contributed by atoms with Gasteiger partial charge in [0.1, 0.15) is 6.33 Å². The Labute approximate surface area is 113 Å². The molecule has 7 nitrogen and oxygen atoms in total. The number of hydrogen-bond acceptors (Lipinski definition) is 6. The molecule has 3 rings (SSSR count). The van der Waals surface area contributed by atoms with Crippen molar-refractivity contribution in [2.45, 2.75) is 6.54 Å². The molecule has 100 valence electrons. The molecular formula is C13H11N5O2. The Balaban J connectivity index is 2.00. The first-order chi connectivity index (χ1) is 9.75. The lowest BCUT2D eigenvalue weighted by Crippen LogP contribution is -2.19. The molecule has 2 N–H and O–H groups in total. The maximum Gasteiger partial charge on any atom is 0.286 e. The van der Waals surface area contributed by atoms with Crippen molar-refractivity contribution in [3.05, 3.63) is 59.0 Å². The van der Waals surface area contributed by atoms with Crippen molar-refractivity contribution >= 4 is 16.7 Å². The summed E-state index contributed by atoms with van der Waals surface area (Å²) in [4.78, 5) is 23.5. The zero-order chi connectivity index (χ0) is 13.9. The first-order valence-electron chi connectivity index (χ1n) is 5.93. The third-order valence-corrected chi connectivity index (χ3v) is 2.86. The summed E-state index contributed by atoms with van der Waals surface area (Å²) in [5, 5.41) is 13.3. The first kappa shape index (κ1) is 12.1. The molecule has 0 aliphatic carbocycles. The quantitative estimate of drug-likeness (QED) is 0.690. The van der Waals surface area contributed by atoms with Gasteiger partial charge in [0, 0.05) is 31.2 Å². The van der Waals surface area contributed by atoms with Crippen LogP contribution < -0.4 is 10.9 Å². The number of aromatic nitrogens is 4. The van der Waals surface area contributed by atoms with Gasteiger partial charge in [-0.1, -0.05) is 6.07 Å². The Bertz CT molecular complexity index is 801. The summed E-state index contributed by atoms with van der Waals surface area (Å²) >= 11 is 0. The maximum absolute atomic E-state index is 11.7. The Morgan fingerprint density at radius 2 is 2.20 bits per heavy atom. The summed E-state index contributed by atoms with van der Waals surface area (Å²) in [7, 11) is 0. The zero-order valence-electron chi connectivity index (χ0n) is 10.4. The van der Waals surface area contributed by atoms with Gasteiger partial charge in [-0.3, -0.25) is 9.78 Å². The highest BCUT2D eigenvalue weighted by molar-refractivity contribution is 5.87. The average Bonchev–Trinajstić information content (AvgIpc) is 2.50. The van der Waals surface area contributed by atoms with Crippen molar-refractivity contribution in [2.75, 3.05) is 5.32 Å². The minimum absolute atomic E-state index is 0.168. The molecule has 0 spiro atoms. The number of fused-ring (bicyclic) bond motifs is 1. The van der Waals surface area contributed by atoms with Crippen molar-refractivity contribution in [2.24, 2.45) is 0 Å². The van der Waals surface area contributed by atoms with Gasteiger partial charge in [0.05, 0.1) is 11.1 Å². The predicted molar refractivity (Wildman–Crippen MR) is 72.5 cm³/mol. The lowest BCUT2D eigenvalue weighted by molar-refractivity contribution is 0.186. The Kier molecular flexibility index (Phi) is 3.00. The van der Waals surface area contributed by atoms with E-state index in [2.05, 4.69) is 20.3 Å². The predicted octanol–water partition coefficient (Wildman–Crippen LogP) is 1.04. The Morgan fingerprint density at radius 1 is 1.30 bits per heavy atom. The van der Waals surface area contributed by atoms with Crippen LogP contribution in [0.15, 0.2) is 47.9 Å². The monoisotopic (exact) mass is 269 g/mol. The van der Waals surface area contributed by atoms with Crippen LogP contribution in [0.5, 0.6) is 0 Å². The van der Waals surface area contributed by atoms with E-state index in [1.54, 1.807) is 18.6 Å². The van der Waals surface area contributed by atoms with E-state index in [9.17, 15) is 10.0 Å². The van der Waals surface area contributed by atoms with Crippen LogP contribution >= 0.6 is 0 Å². The molecule has 0 bridgehead atoms. The zero-order valence-corrected chi connectivity index (χ0v) is 10.4. The number of nitrogens with one attached hydrogen (secondary N) is 1. The van der Waals surface area contributed by atoms with Crippen LogP contribution in [0.3, 0.4) is 0 Å². The van der Waals surface area contributed by atoms with Gasteiger partial charge in [-0.25, -0.2) is 9.97 Å². The molecule has 0 saturated heterocycles. The van der Waals surface area contributed by atoms with E-state index in [0.29, 0.717) is 22.3 Å². The summed E-state index contributed by atoms with van der Waals surface area (Å²) < 4.78 is 0.506. The highest BCUT2D eigenvalue weighted by atomic mass is 16.5. The highest BCUT2D eigenvalue weighted by Gasteiger charge is 2.09. The molecule has 3 aromatic rings. The molecule has 0 unspecified atom stereocenters. The van der Waals surface area contributed by atoms with E-state index in [1.807, 2.05) is 12.1 Å². The van der Waals surface area contributed by atoms with Gasteiger partial charge in [-0.05, 0) is 11.6 Å². The van der Waals surface area contributed by atoms with E-state index >= 15 is 0 Å². The molecule has 0 saturated carbocycles. The standard InChI is InChI=1S/C13H11N5O2/c19-12-4-11(16-6-9-2-1-3-14-5-9)10-7-15-8-17-13(10)18(12)20/h1-5,7-8,16,20H,6H2. The van der Waals surface area contributed by atoms with Gasteiger partial charge in [-0.2, -0.15) is 0 Å². The molecule has 0 aromatic carbocycles. The van der Waals surface area contributed by atoms with Crippen LogP contribution in [0.25, 0.3) is 11.0 Å². The largest absolute Gasteiger partial charge is 0.423 e. The number of hydrogen-bond donors (Lipinski definition) is 2. The molecule has 0 aliphatic rings. The van der Waals surface area contributed by atoms with Gasteiger partial charge >= 0.3 is 0 Å². The fraction of sp³-hybridized carbons (Fsp3) is 0.0769. The Hall–Kier alpha value is -2.96. The van der Waals surface area contributed by atoms with E-state index in [4.69, 9.17) is 0 Å². The summed E-state index contributed by atoms with van der Waals surface area (Å²) in [6.45, 7) is 0.507. The molecule has 20 heavy (non-hydrogen) atoms. The summed E-state index contributed by atoms with van der Waals surface area (Å²) in [5.74, 6) is 0.